The molecule has 1 spiro atoms. The fourth-order valence-electron chi connectivity index (χ4n) is 3.84. The molecule has 27 heavy (non-hydrogen) atoms. The molecule has 2 aromatic rings. The van der Waals surface area contributed by atoms with Crippen LogP contribution in [0.3, 0.4) is 0 Å². The Labute approximate surface area is 156 Å². The first-order chi connectivity index (χ1) is 12.8. The summed E-state index contributed by atoms with van der Waals surface area (Å²) < 4.78 is 53.5. The SMILES string of the molecule is O=C1N[C@]2(CCc3ccccc31)CCN(S(=O)(=O)c1ccc(F)c(F)c1)C2. The molecule has 1 amide bonds. The smallest absolute Gasteiger partial charge is 0.252 e. The van der Waals surface area contributed by atoms with E-state index in [9.17, 15) is 22.0 Å². The van der Waals surface area contributed by atoms with Gasteiger partial charge in [-0.15, -0.1) is 0 Å². The van der Waals surface area contributed by atoms with Gasteiger partial charge in [0.25, 0.3) is 5.91 Å². The molecule has 142 valence electrons. The minimum absolute atomic E-state index is 0.105. The second-order valence-electron chi connectivity index (χ2n) is 7.06. The molecule has 2 heterocycles. The van der Waals surface area contributed by atoms with Crippen molar-refractivity contribution in [1.82, 2.24) is 9.62 Å². The van der Waals surface area contributed by atoms with Crippen LogP contribution < -0.4 is 5.32 Å². The van der Waals surface area contributed by atoms with E-state index in [1.807, 2.05) is 12.1 Å². The van der Waals surface area contributed by atoms with Crippen LogP contribution in [0.15, 0.2) is 47.4 Å². The van der Waals surface area contributed by atoms with E-state index < -0.39 is 27.2 Å². The summed E-state index contributed by atoms with van der Waals surface area (Å²) in [6.07, 6.45) is 1.74. The van der Waals surface area contributed by atoms with E-state index in [4.69, 9.17) is 0 Å². The second-order valence-corrected chi connectivity index (χ2v) is 8.99. The molecule has 0 aromatic heterocycles. The number of sulfonamides is 1. The van der Waals surface area contributed by atoms with Crippen molar-refractivity contribution in [2.45, 2.75) is 29.7 Å². The van der Waals surface area contributed by atoms with Gasteiger partial charge in [0.15, 0.2) is 11.6 Å². The van der Waals surface area contributed by atoms with Gasteiger partial charge in [0.2, 0.25) is 10.0 Å². The van der Waals surface area contributed by atoms with Crippen molar-refractivity contribution in [1.29, 1.82) is 0 Å². The van der Waals surface area contributed by atoms with Crippen LogP contribution in [0.1, 0.15) is 28.8 Å². The summed E-state index contributed by atoms with van der Waals surface area (Å²) in [5.74, 6) is -2.51. The molecular formula is C19H18F2N2O3S. The molecule has 0 aliphatic carbocycles. The average Bonchev–Trinajstić information content (AvgIpc) is 3.01. The van der Waals surface area contributed by atoms with Crippen LogP contribution in [0, 0.1) is 11.6 Å². The molecule has 4 rings (SSSR count). The van der Waals surface area contributed by atoms with Crippen molar-refractivity contribution in [2.75, 3.05) is 13.1 Å². The Morgan fingerprint density at radius 2 is 1.81 bits per heavy atom. The van der Waals surface area contributed by atoms with Crippen LogP contribution in [-0.2, 0) is 16.4 Å². The molecule has 1 fully saturated rings. The van der Waals surface area contributed by atoms with Crippen molar-refractivity contribution >= 4 is 15.9 Å². The highest BCUT2D eigenvalue weighted by Crippen LogP contribution is 2.33. The van der Waals surface area contributed by atoms with Gasteiger partial charge in [-0.25, -0.2) is 17.2 Å². The number of hydrogen-bond donors (Lipinski definition) is 1. The van der Waals surface area contributed by atoms with Crippen LogP contribution in [0.2, 0.25) is 0 Å². The Hall–Kier alpha value is -2.32. The van der Waals surface area contributed by atoms with Crippen molar-refractivity contribution in [3.05, 3.63) is 65.2 Å². The van der Waals surface area contributed by atoms with E-state index in [0.29, 0.717) is 30.9 Å². The summed E-state index contributed by atoms with van der Waals surface area (Å²) in [7, 11) is -3.97. The van der Waals surface area contributed by atoms with Gasteiger partial charge in [-0.05, 0) is 49.1 Å². The van der Waals surface area contributed by atoms with Crippen LogP contribution in [-0.4, -0.2) is 37.3 Å². The number of nitrogens with zero attached hydrogens (tertiary/aromatic N) is 1. The standard InChI is InChI=1S/C19H18F2N2O3S/c20-16-6-5-14(11-17(16)21)27(25,26)23-10-9-19(12-23)8-7-13-3-1-2-4-15(13)18(24)22-19/h1-6,11H,7-10,12H2,(H,22,24)/t19-/m1/s1. The maximum absolute atomic E-state index is 13.5. The fourth-order valence-corrected chi connectivity index (χ4v) is 5.38. The number of fused-ring (bicyclic) bond motifs is 1. The predicted octanol–water partition coefficient (Wildman–Crippen LogP) is 2.47. The summed E-state index contributed by atoms with van der Waals surface area (Å²) in [5, 5.41) is 3.01. The molecule has 0 radical (unpaired) electrons. The van der Waals surface area contributed by atoms with Crippen molar-refractivity contribution in [2.24, 2.45) is 0 Å². The van der Waals surface area contributed by atoms with E-state index in [-0.39, 0.29) is 23.9 Å². The van der Waals surface area contributed by atoms with Gasteiger partial charge in [0.05, 0.1) is 10.4 Å². The highest BCUT2D eigenvalue weighted by Gasteiger charge is 2.45. The molecule has 0 saturated carbocycles. The summed E-state index contributed by atoms with van der Waals surface area (Å²) in [6, 6.07) is 9.88. The zero-order chi connectivity index (χ0) is 19.2. The zero-order valence-electron chi connectivity index (χ0n) is 14.4. The van der Waals surface area contributed by atoms with E-state index in [2.05, 4.69) is 5.32 Å². The Balaban J connectivity index is 1.60. The van der Waals surface area contributed by atoms with Gasteiger partial charge in [0, 0.05) is 18.7 Å². The Morgan fingerprint density at radius 1 is 1.04 bits per heavy atom. The van der Waals surface area contributed by atoms with Crippen molar-refractivity contribution in [3.63, 3.8) is 0 Å². The lowest BCUT2D eigenvalue weighted by Crippen LogP contribution is -2.50. The Morgan fingerprint density at radius 3 is 2.59 bits per heavy atom. The first kappa shape index (κ1) is 18.1. The third kappa shape index (κ3) is 3.12. The van der Waals surface area contributed by atoms with Crippen LogP contribution in [0.5, 0.6) is 0 Å². The van der Waals surface area contributed by atoms with E-state index in [1.165, 1.54) is 4.31 Å². The van der Waals surface area contributed by atoms with Gasteiger partial charge in [-0.2, -0.15) is 4.31 Å². The molecule has 2 aliphatic rings. The molecule has 1 atom stereocenters. The summed E-state index contributed by atoms with van der Waals surface area (Å²) in [6.45, 7) is 0.312. The molecule has 2 aliphatic heterocycles. The first-order valence-corrected chi connectivity index (χ1v) is 10.1. The van der Waals surface area contributed by atoms with Gasteiger partial charge >= 0.3 is 0 Å². The second kappa shape index (κ2) is 6.38. The summed E-state index contributed by atoms with van der Waals surface area (Å²) in [5.41, 5.74) is 0.881. The normalized spacial score (nSPS) is 23.1. The van der Waals surface area contributed by atoms with Crippen molar-refractivity contribution in [3.8, 4) is 0 Å². The van der Waals surface area contributed by atoms with E-state index in [0.717, 1.165) is 17.7 Å². The van der Waals surface area contributed by atoms with Gasteiger partial charge in [-0.1, -0.05) is 18.2 Å². The lowest BCUT2D eigenvalue weighted by atomic mass is 9.92. The number of aryl methyl sites for hydroxylation is 1. The lowest BCUT2D eigenvalue weighted by molar-refractivity contribution is 0.0906. The van der Waals surface area contributed by atoms with Gasteiger partial charge < -0.3 is 5.32 Å². The summed E-state index contributed by atoms with van der Waals surface area (Å²) in [4.78, 5) is 12.3. The molecule has 0 bridgehead atoms. The number of carbonyl (C=O) groups is 1. The molecule has 1 saturated heterocycles. The molecule has 1 N–H and O–H groups in total. The number of nitrogens with one attached hydrogen (secondary N) is 1. The molecule has 5 nitrogen and oxygen atoms in total. The minimum atomic E-state index is -3.97. The Kier molecular flexibility index (Phi) is 4.27. The topological polar surface area (TPSA) is 66.5 Å². The predicted molar refractivity (Wildman–Crippen MR) is 94.7 cm³/mol. The quantitative estimate of drug-likeness (QED) is 0.854. The van der Waals surface area contributed by atoms with Crippen molar-refractivity contribution < 1.29 is 22.0 Å². The average molecular weight is 392 g/mol. The minimum Gasteiger partial charge on any atom is -0.345 e. The number of amides is 1. The monoisotopic (exact) mass is 392 g/mol. The molecule has 2 aromatic carbocycles. The third-order valence-electron chi connectivity index (χ3n) is 5.36. The zero-order valence-corrected chi connectivity index (χ0v) is 15.2. The number of benzene rings is 2. The van der Waals surface area contributed by atoms with E-state index >= 15 is 0 Å². The number of rotatable bonds is 2. The maximum Gasteiger partial charge on any atom is 0.252 e. The molecule has 8 heteroatoms. The van der Waals surface area contributed by atoms with Gasteiger partial charge in [-0.3, -0.25) is 4.79 Å². The summed E-state index contributed by atoms with van der Waals surface area (Å²) >= 11 is 0. The largest absolute Gasteiger partial charge is 0.345 e. The highest BCUT2D eigenvalue weighted by atomic mass is 32.2. The Bertz CT molecular complexity index is 1030. The molecule has 0 unspecified atom stereocenters. The number of carbonyl (C=O) groups excluding carboxylic acids is 1. The van der Waals surface area contributed by atoms with Gasteiger partial charge in [0.1, 0.15) is 0 Å². The van der Waals surface area contributed by atoms with Crippen LogP contribution in [0.25, 0.3) is 0 Å². The van der Waals surface area contributed by atoms with E-state index in [1.54, 1.807) is 12.1 Å². The fraction of sp³-hybridized carbons (Fsp3) is 0.316. The van der Waals surface area contributed by atoms with Crippen LogP contribution >= 0.6 is 0 Å². The molecular weight excluding hydrogens is 374 g/mol. The maximum atomic E-state index is 13.5. The number of hydrogen-bond acceptors (Lipinski definition) is 3. The lowest BCUT2D eigenvalue weighted by Gasteiger charge is -2.29. The van der Waals surface area contributed by atoms with Crippen LogP contribution in [0.4, 0.5) is 8.78 Å². The number of halogens is 2. The third-order valence-corrected chi connectivity index (χ3v) is 7.20. The highest BCUT2D eigenvalue weighted by molar-refractivity contribution is 7.89. The first-order valence-electron chi connectivity index (χ1n) is 8.66.